The van der Waals surface area contributed by atoms with Crippen LogP contribution in [-0.2, 0) is 4.74 Å². The molecule has 6 aromatic heterocycles. The number of pyridine rings is 2. The number of nitrogens with zero attached hydrogens (tertiary/aromatic N) is 13. The second-order valence-electron chi connectivity index (χ2n) is 24.4. The van der Waals surface area contributed by atoms with Gasteiger partial charge in [0.25, 0.3) is 23.6 Å². The Labute approximate surface area is 501 Å². The van der Waals surface area contributed by atoms with Gasteiger partial charge in [-0.25, -0.2) is 24.7 Å². The highest BCUT2D eigenvalue weighted by atomic mass is 16.6. The molecule has 6 aliphatic rings. The van der Waals surface area contributed by atoms with E-state index in [-0.39, 0.29) is 83.6 Å². The first kappa shape index (κ1) is 64.8. The molecule has 0 spiro atoms. The fourth-order valence-corrected chi connectivity index (χ4v) is 12.9. The second kappa shape index (κ2) is 26.3. The van der Waals surface area contributed by atoms with Crippen LogP contribution in [0.15, 0.2) is 49.1 Å². The third-order valence-electron chi connectivity index (χ3n) is 16.8. The summed E-state index contributed by atoms with van der Waals surface area (Å²) in [5, 5.41) is 11.6. The largest absolute Gasteiger partial charge is 0.444 e. The van der Waals surface area contributed by atoms with Crippen LogP contribution in [0.2, 0.25) is 0 Å². The number of carbonyl (C=O) groups is 5. The summed E-state index contributed by atoms with van der Waals surface area (Å²) in [7, 11) is 7.06. The number of likely N-dealkylation sites (tertiary alicyclic amines) is 2. The van der Waals surface area contributed by atoms with E-state index in [4.69, 9.17) is 14.7 Å². The number of rotatable bonds is 10. The SMILES string of the molecule is C.C.C.C.Cc1cc(Nc2ncc3cc(C(=O)N(C)C)n(C4CCCC4)c3n2)ncc1C(=O)N1CC2CCC(C1)N2.Cc1cc(Nc2ncc3cc(C(=O)N(C)C)n(C4CCCC4)c3n2)ncc1C(=O)N1CC2CCC(C1)N2C(=O)OC(C)(C)C. The number of hydrogen-bond acceptors (Lipinski definition) is 15. The lowest BCUT2D eigenvalue weighted by Gasteiger charge is -2.41. The molecule has 3 N–H and O–H groups in total. The highest BCUT2D eigenvalue weighted by molar-refractivity contribution is 5.99. The van der Waals surface area contributed by atoms with Gasteiger partial charge in [0.15, 0.2) is 0 Å². The maximum atomic E-state index is 13.6. The van der Waals surface area contributed by atoms with E-state index in [1.54, 1.807) is 62.8 Å². The van der Waals surface area contributed by atoms with Crippen molar-refractivity contribution in [3.8, 4) is 0 Å². The number of piperazine rings is 2. The quantitative estimate of drug-likeness (QED) is 0.116. The molecule has 22 heteroatoms. The molecule has 4 atom stereocenters. The molecular weight excluding hydrogens is 1080 g/mol. The number of aromatic nitrogens is 8. The minimum Gasteiger partial charge on any atom is -0.444 e. The Hall–Kier alpha value is -7.75. The second-order valence-corrected chi connectivity index (χ2v) is 24.4. The van der Waals surface area contributed by atoms with E-state index >= 15 is 0 Å². The number of carbonyl (C=O) groups excluding carboxylic acids is 5. The molecule has 5 amide bonds. The van der Waals surface area contributed by atoms with Gasteiger partial charge in [0.2, 0.25) is 11.9 Å². The number of hydrogen-bond donors (Lipinski definition) is 3. The minimum atomic E-state index is -0.562. The van der Waals surface area contributed by atoms with E-state index in [0.29, 0.717) is 71.2 Å². The lowest BCUT2D eigenvalue weighted by Crippen LogP contribution is -2.58. The van der Waals surface area contributed by atoms with Crippen molar-refractivity contribution in [3.05, 3.63) is 82.7 Å². The molecule has 22 nitrogen and oxygen atoms in total. The summed E-state index contributed by atoms with van der Waals surface area (Å²) in [5.74, 6) is 1.76. The average Bonchev–Trinajstić information content (AvgIpc) is 3.31. The van der Waals surface area contributed by atoms with Crippen LogP contribution in [0.25, 0.3) is 22.1 Å². The van der Waals surface area contributed by atoms with Crippen LogP contribution in [0.3, 0.4) is 0 Å². The van der Waals surface area contributed by atoms with Crippen molar-refractivity contribution < 1.29 is 28.7 Å². The van der Waals surface area contributed by atoms with E-state index in [0.717, 1.165) is 123 Å². The van der Waals surface area contributed by atoms with Gasteiger partial charge >= 0.3 is 6.09 Å². The average molecular weight is 1170 g/mol. The van der Waals surface area contributed by atoms with Gasteiger partial charge in [-0.3, -0.25) is 24.1 Å². The summed E-state index contributed by atoms with van der Waals surface area (Å²) in [6.45, 7) is 11.9. The molecular formula is C63H92N16O6. The Morgan fingerprint density at radius 3 is 1.32 bits per heavy atom. The van der Waals surface area contributed by atoms with Crippen molar-refractivity contribution in [2.75, 3.05) is 65.0 Å². The summed E-state index contributed by atoms with van der Waals surface area (Å²) in [6, 6.07) is 8.65. The van der Waals surface area contributed by atoms with Gasteiger partial charge in [0.1, 0.15) is 39.9 Å². The van der Waals surface area contributed by atoms with Gasteiger partial charge in [0, 0.05) is 114 Å². The lowest BCUT2D eigenvalue weighted by atomic mass is 10.1. The molecule has 2 saturated carbocycles. The molecule has 4 bridgehead atoms. The van der Waals surface area contributed by atoms with Crippen LogP contribution in [0.1, 0.15) is 192 Å². The zero-order valence-corrected chi connectivity index (χ0v) is 48.2. The van der Waals surface area contributed by atoms with Crippen molar-refractivity contribution in [2.45, 2.75) is 183 Å². The number of ether oxygens (including phenoxy) is 1. The van der Waals surface area contributed by atoms with Gasteiger partial charge in [0.05, 0.1) is 23.2 Å². The van der Waals surface area contributed by atoms with E-state index in [1.165, 1.54) is 0 Å². The minimum absolute atomic E-state index is 0. The predicted octanol–water partition coefficient (Wildman–Crippen LogP) is 10.7. The fraction of sp³-hybridized carbons (Fsp3) is 0.571. The van der Waals surface area contributed by atoms with Crippen molar-refractivity contribution >= 4 is 75.3 Å². The van der Waals surface area contributed by atoms with Crippen molar-refractivity contribution in [3.63, 3.8) is 0 Å². The molecule has 4 aliphatic heterocycles. The maximum absolute atomic E-state index is 13.6. The zero-order valence-electron chi connectivity index (χ0n) is 48.2. The first-order valence-electron chi connectivity index (χ1n) is 28.8. The smallest absolute Gasteiger partial charge is 0.410 e. The Bertz CT molecular complexity index is 3380. The number of nitrogens with one attached hydrogen (secondary N) is 3. The summed E-state index contributed by atoms with van der Waals surface area (Å²) in [5.41, 5.74) is 5.00. The van der Waals surface area contributed by atoms with Crippen LogP contribution in [0.4, 0.5) is 28.3 Å². The zero-order chi connectivity index (χ0) is 57.0. The van der Waals surface area contributed by atoms with Crippen LogP contribution in [0, 0.1) is 13.8 Å². The van der Waals surface area contributed by atoms with E-state index in [2.05, 4.69) is 45.0 Å². The molecule has 4 saturated heterocycles. The summed E-state index contributed by atoms with van der Waals surface area (Å²) >= 11 is 0. The number of anilines is 4. The van der Waals surface area contributed by atoms with E-state index < -0.39 is 5.60 Å². The van der Waals surface area contributed by atoms with Crippen LogP contribution >= 0.6 is 0 Å². The standard InChI is InChI=1S/C32H42N8O4.C27H34N8O2.4CH4/c1-19-13-26(33-16-24(19)28(41)38-17-22-11-12-23(18-38)39(22)31(43)44-32(2,3)4)35-30-34-15-20-14-25(29(42)37(5)6)40(27(20)36-30)21-9-7-8-10-21;1-16-10-23(28-13-21(16)25(36)34-14-18-8-9-19(15-34)30-18)31-27-29-12-17-11-22(26(37)33(2)3)35(24(17)32-27)20-6-4-5-7-20;;;;/h13-16,21-23H,7-12,17-18H2,1-6H3,(H,33,34,35,36);10-13,18-20,30H,4-9,14-15H2,1-3H3,(H,28,29,31,32);4*1H4. The predicted molar refractivity (Wildman–Crippen MR) is 334 cm³/mol. The van der Waals surface area contributed by atoms with Gasteiger partial charge in [-0.2, -0.15) is 9.97 Å². The number of aryl methyl sites for hydroxylation is 2. The van der Waals surface area contributed by atoms with E-state index in [9.17, 15) is 24.0 Å². The van der Waals surface area contributed by atoms with Crippen LogP contribution < -0.4 is 16.0 Å². The summed E-state index contributed by atoms with van der Waals surface area (Å²) in [6.07, 6.45) is 19.1. The molecule has 85 heavy (non-hydrogen) atoms. The molecule has 6 aromatic rings. The monoisotopic (exact) mass is 1170 g/mol. The van der Waals surface area contributed by atoms with Gasteiger partial charge < -0.3 is 49.4 Å². The Kier molecular flexibility index (Phi) is 20.0. The fourth-order valence-electron chi connectivity index (χ4n) is 12.9. The first-order valence-corrected chi connectivity index (χ1v) is 28.8. The van der Waals surface area contributed by atoms with Gasteiger partial charge in [-0.15, -0.1) is 0 Å². The van der Waals surface area contributed by atoms with Crippen LogP contribution in [0.5, 0.6) is 0 Å². The topological polar surface area (TPSA) is 234 Å². The molecule has 4 unspecified atom stereocenters. The number of amides is 5. The lowest BCUT2D eigenvalue weighted by molar-refractivity contribution is -0.00339. The first-order chi connectivity index (χ1) is 38.8. The van der Waals surface area contributed by atoms with Crippen LogP contribution in [-0.4, -0.2) is 177 Å². The third-order valence-corrected chi connectivity index (χ3v) is 16.8. The normalized spacial score (nSPS) is 19.9. The molecule has 6 fully saturated rings. The van der Waals surface area contributed by atoms with Gasteiger partial charge in [-0.05, 0) is 121 Å². The van der Waals surface area contributed by atoms with Crippen molar-refractivity contribution in [1.29, 1.82) is 0 Å². The number of fused-ring (bicyclic) bond motifs is 6. The van der Waals surface area contributed by atoms with E-state index in [1.807, 2.05) is 73.6 Å². The summed E-state index contributed by atoms with van der Waals surface area (Å²) < 4.78 is 9.81. The molecule has 0 radical (unpaired) electrons. The molecule has 2 aliphatic carbocycles. The Morgan fingerprint density at radius 1 is 0.541 bits per heavy atom. The summed E-state index contributed by atoms with van der Waals surface area (Å²) in [4.78, 5) is 102. The van der Waals surface area contributed by atoms with Crippen molar-refractivity contribution in [1.82, 2.24) is 68.9 Å². The molecule has 12 rings (SSSR count). The van der Waals surface area contributed by atoms with Gasteiger partial charge in [-0.1, -0.05) is 55.4 Å². The molecule has 460 valence electrons. The highest BCUT2D eigenvalue weighted by Gasteiger charge is 2.46. The maximum Gasteiger partial charge on any atom is 0.410 e. The van der Waals surface area contributed by atoms with Crippen molar-refractivity contribution in [2.24, 2.45) is 0 Å². The molecule has 0 aromatic carbocycles. The Morgan fingerprint density at radius 2 is 0.941 bits per heavy atom. The highest BCUT2D eigenvalue weighted by Crippen LogP contribution is 2.38. The molecule has 10 heterocycles. The third kappa shape index (κ3) is 13.4. The Balaban J connectivity index is 0.000000235.